The summed E-state index contributed by atoms with van der Waals surface area (Å²) in [5, 5.41) is 7.82. The molecule has 27 heavy (non-hydrogen) atoms. The fourth-order valence-electron chi connectivity index (χ4n) is 2.27. The van der Waals surface area contributed by atoms with Crippen LogP contribution < -0.4 is 10.6 Å². The SMILES string of the molecule is Cc1ccc(C(=O)Nc2ccc(SC(C)C(=O)Nc3nccs3)cc2)cc1. The molecule has 0 aliphatic carbocycles. The third kappa shape index (κ3) is 5.42. The van der Waals surface area contributed by atoms with Crippen LogP contribution in [0.15, 0.2) is 65.0 Å². The molecule has 138 valence electrons. The summed E-state index contributed by atoms with van der Waals surface area (Å²) in [7, 11) is 0. The van der Waals surface area contributed by atoms with Gasteiger partial charge in [0.1, 0.15) is 0 Å². The van der Waals surface area contributed by atoms with Crippen LogP contribution in [0.3, 0.4) is 0 Å². The van der Waals surface area contributed by atoms with E-state index in [-0.39, 0.29) is 17.1 Å². The monoisotopic (exact) mass is 397 g/mol. The van der Waals surface area contributed by atoms with Gasteiger partial charge in [0.25, 0.3) is 5.91 Å². The van der Waals surface area contributed by atoms with Gasteiger partial charge in [0.05, 0.1) is 5.25 Å². The Balaban J connectivity index is 1.55. The Labute approximate surface area is 166 Å². The molecule has 2 amide bonds. The number of aryl methyl sites for hydroxylation is 1. The van der Waals surface area contributed by atoms with Crippen molar-refractivity contribution in [2.24, 2.45) is 0 Å². The fraction of sp³-hybridized carbons (Fsp3) is 0.150. The lowest BCUT2D eigenvalue weighted by atomic mass is 10.1. The average molecular weight is 398 g/mol. The standard InChI is InChI=1S/C20H19N3O2S2/c1-13-3-5-15(6-4-13)19(25)22-16-7-9-17(10-8-16)27-14(2)18(24)23-20-21-11-12-26-20/h3-12,14H,1-2H3,(H,22,25)(H,21,23,24). The number of hydrogen-bond donors (Lipinski definition) is 2. The Kier molecular flexibility index (Phi) is 6.26. The molecule has 0 bridgehead atoms. The van der Waals surface area contributed by atoms with Gasteiger partial charge < -0.3 is 10.6 Å². The molecule has 2 N–H and O–H groups in total. The van der Waals surface area contributed by atoms with Gasteiger partial charge in [-0.3, -0.25) is 9.59 Å². The normalized spacial score (nSPS) is 11.6. The summed E-state index contributed by atoms with van der Waals surface area (Å²) in [6, 6.07) is 14.9. The zero-order valence-corrected chi connectivity index (χ0v) is 16.6. The van der Waals surface area contributed by atoms with Gasteiger partial charge in [-0.25, -0.2) is 4.98 Å². The minimum absolute atomic E-state index is 0.0910. The Bertz CT molecular complexity index is 907. The summed E-state index contributed by atoms with van der Waals surface area (Å²) in [6.07, 6.45) is 1.65. The zero-order chi connectivity index (χ0) is 19.2. The van der Waals surface area contributed by atoms with Crippen LogP contribution >= 0.6 is 23.1 Å². The average Bonchev–Trinajstić information content (AvgIpc) is 3.16. The maximum Gasteiger partial charge on any atom is 0.255 e. The molecule has 0 radical (unpaired) electrons. The molecular formula is C20H19N3O2S2. The highest BCUT2D eigenvalue weighted by Crippen LogP contribution is 2.26. The van der Waals surface area contributed by atoms with Crippen LogP contribution in [0.4, 0.5) is 10.8 Å². The highest BCUT2D eigenvalue weighted by molar-refractivity contribution is 8.00. The lowest BCUT2D eigenvalue weighted by molar-refractivity contribution is -0.115. The van der Waals surface area contributed by atoms with E-state index in [1.54, 1.807) is 18.3 Å². The summed E-state index contributed by atoms with van der Waals surface area (Å²) >= 11 is 2.84. The Morgan fingerprint density at radius 1 is 1.04 bits per heavy atom. The lowest BCUT2D eigenvalue weighted by Crippen LogP contribution is -2.22. The van der Waals surface area contributed by atoms with E-state index in [1.165, 1.54) is 23.1 Å². The predicted octanol–water partition coefficient (Wildman–Crippen LogP) is 4.82. The van der Waals surface area contributed by atoms with Crippen LogP contribution in [-0.4, -0.2) is 22.0 Å². The number of amides is 2. The first-order chi connectivity index (χ1) is 13.0. The van der Waals surface area contributed by atoms with E-state index in [9.17, 15) is 9.59 Å². The van der Waals surface area contributed by atoms with Gasteiger partial charge >= 0.3 is 0 Å². The van der Waals surface area contributed by atoms with E-state index < -0.39 is 0 Å². The molecule has 1 aromatic heterocycles. The molecule has 2 aromatic carbocycles. The van der Waals surface area contributed by atoms with Gasteiger partial charge in [0.2, 0.25) is 5.91 Å². The summed E-state index contributed by atoms with van der Waals surface area (Å²) in [5.41, 5.74) is 2.44. The van der Waals surface area contributed by atoms with Gasteiger partial charge in [-0.2, -0.15) is 0 Å². The highest BCUT2D eigenvalue weighted by Gasteiger charge is 2.15. The molecular weight excluding hydrogens is 378 g/mol. The molecule has 1 heterocycles. The van der Waals surface area contributed by atoms with E-state index in [0.717, 1.165) is 10.5 Å². The Morgan fingerprint density at radius 2 is 1.74 bits per heavy atom. The second-order valence-electron chi connectivity index (χ2n) is 5.93. The number of thioether (sulfide) groups is 1. The quantitative estimate of drug-likeness (QED) is 0.585. The first kappa shape index (κ1) is 19.1. The molecule has 5 nitrogen and oxygen atoms in total. The van der Waals surface area contributed by atoms with Crippen molar-refractivity contribution in [3.8, 4) is 0 Å². The molecule has 7 heteroatoms. The summed E-state index contributed by atoms with van der Waals surface area (Å²) in [5.74, 6) is -0.238. The van der Waals surface area contributed by atoms with Gasteiger partial charge in [-0.1, -0.05) is 17.7 Å². The second-order valence-corrected chi connectivity index (χ2v) is 8.24. The molecule has 1 unspecified atom stereocenters. The van der Waals surface area contributed by atoms with Crippen LogP contribution in [0.1, 0.15) is 22.8 Å². The number of carbonyl (C=O) groups is 2. The minimum atomic E-state index is -0.262. The summed E-state index contributed by atoms with van der Waals surface area (Å²) in [4.78, 5) is 29.4. The highest BCUT2D eigenvalue weighted by atomic mass is 32.2. The van der Waals surface area contributed by atoms with Crippen molar-refractivity contribution in [2.75, 3.05) is 10.6 Å². The first-order valence-corrected chi connectivity index (χ1v) is 10.1. The van der Waals surface area contributed by atoms with Gasteiger partial charge in [0, 0.05) is 27.7 Å². The summed E-state index contributed by atoms with van der Waals surface area (Å²) < 4.78 is 0. The van der Waals surface area contributed by atoms with Crippen LogP contribution in [0.2, 0.25) is 0 Å². The number of benzene rings is 2. The van der Waals surface area contributed by atoms with Crippen molar-refractivity contribution in [2.45, 2.75) is 24.0 Å². The number of nitrogens with one attached hydrogen (secondary N) is 2. The van der Waals surface area contributed by atoms with E-state index in [4.69, 9.17) is 0 Å². The predicted molar refractivity (Wildman–Crippen MR) is 112 cm³/mol. The number of aromatic nitrogens is 1. The van der Waals surface area contributed by atoms with Crippen LogP contribution in [0.25, 0.3) is 0 Å². The molecule has 3 aromatic rings. The molecule has 0 fully saturated rings. The minimum Gasteiger partial charge on any atom is -0.322 e. The number of nitrogens with zero attached hydrogens (tertiary/aromatic N) is 1. The topological polar surface area (TPSA) is 71.1 Å². The maximum atomic E-state index is 12.3. The van der Waals surface area contributed by atoms with Gasteiger partial charge in [-0.15, -0.1) is 23.1 Å². The molecule has 1 atom stereocenters. The molecule has 0 spiro atoms. The molecule has 0 aliphatic heterocycles. The number of thiazole rings is 1. The third-order valence-electron chi connectivity index (χ3n) is 3.77. The number of carbonyl (C=O) groups excluding carboxylic acids is 2. The summed E-state index contributed by atoms with van der Waals surface area (Å²) in [6.45, 7) is 3.83. The van der Waals surface area contributed by atoms with Crippen molar-refractivity contribution in [3.63, 3.8) is 0 Å². The number of anilines is 2. The maximum absolute atomic E-state index is 12.3. The van der Waals surface area contributed by atoms with Gasteiger partial charge in [0.15, 0.2) is 5.13 Å². The van der Waals surface area contributed by atoms with E-state index in [1.807, 2.05) is 55.6 Å². The fourth-order valence-corrected chi connectivity index (χ4v) is 3.67. The van der Waals surface area contributed by atoms with Crippen molar-refractivity contribution in [1.29, 1.82) is 0 Å². The van der Waals surface area contributed by atoms with E-state index in [2.05, 4.69) is 15.6 Å². The molecule has 3 rings (SSSR count). The van der Waals surface area contributed by atoms with Crippen molar-refractivity contribution in [3.05, 3.63) is 71.2 Å². The van der Waals surface area contributed by atoms with Crippen molar-refractivity contribution in [1.82, 2.24) is 4.98 Å². The van der Waals surface area contributed by atoms with E-state index in [0.29, 0.717) is 16.4 Å². The second kappa shape index (κ2) is 8.83. The third-order valence-corrected chi connectivity index (χ3v) is 5.57. The van der Waals surface area contributed by atoms with Gasteiger partial charge in [-0.05, 0) is 50.2 Å². The largest absolute Gasteiger partial charge is 0.322 e. The molecule has 0 aliphatic rings. The van der Waals surface area contributed by atoms with Crippen LogP contribution in [-0.2, 0) is 4.79 Å². The lowest BCUT2D eigenvalue weighted by Gasteiger charge is -2.11. The number of hydrogen-bond acceptors (Lipinski definition) is 5. The smallest absolute Gasteiger partial charge is 0.255 e. The van der Waals surface area contributed by atoms with Crippen LogP contribution in [0, 0.1) is 6.92 Å². The van der Waals surface area contributed by atoms with Crippen molar-refractivity contribution < 1.29 is 9.59 Å². The first-order valence-electron chi connectivity index (χ1n) is 8.36. The molecule has 0 saturated carbocycles. The van der Waals surface area contributed by atoms with E-state index >= 15 is 0 Å². The molecule has 0 saturated heterocycles. The Morgan fingerprint density at radius 3 is 2.37 bits per heavy atom. The van der Waals surface area contributed by atoms with Crippen LogP contribution in [0.5, 0.6) is 0 Å². The Hall–Kier alpha value is -2.64. The zero-order valence-electron chi connectivity index (χ0n) is 14.9. The van der Waals surface area contributed by atoms with Crippen molar-refractivity contribution >= 4 is 45.7 Å². The number of rotatable bonds is 6.